The van der Waals surface area contributed by atoms with Crippen molar-refractivity contribution in [2.45, 2.75) is 45.2 Å². The Morgan fingerprint density at radius 3 is 2.29 bits per heavy atom. The Morgan fingerprint density at radius 1 is 1.10 bits per heavy atom. The average molecular weight is 603 g/mol. The maximum absolute atomic E-state index is 14.0. The second kappa shape index (κ2) is 11.8. The fourth-order valence-electron chi connectivity index (χ4n) is 5.42. The van der Waals surface area contributed by atoms with Gasteiger partial charge in [0, 0.05) is 26.7 Å². The number of benzene rings is 2. The first-order valence-electron chi connectivity index (χ1n) is 13.1. The maximum atomic E-state index is 14.0. The number of carbonyl (C=O) groups is 2. The van der Waals surface area contributed by atoms with E-state index in [9.17, 15) is 40.3 Å². The lowest BCUT2D eigenvalue weighted by atomic mass is 9.77. The van der Waals surface area contributed by atoms with Gasteiger partial charge in [0.25, 0.3) is 11.9 Å². The molecule has 14 heteroatoms. The van der Waals surface area contributed by atoms with E-state index in [1.54, 1.807) is 13.0 Å². The molecule has 2 aromatic carbocycles. The first-order chi connectivity index (χ1) is 19.5. The number of rotatable bonds is 5. The Balaban J connectivity index is 1.62. The quantitative estimate of drug-likeness (QED) is 0.432. The van der Waals surface area contributed by atoms with Crippen LogP contribution in [0.25, 0.3) is 0 Å². The first-order valence-corrected chi connectivity index (χ1v) is 13.1. The van der Waals surface area contributed by atoms with Crippen LogP contribution in [0, 0.1) is 24.6 Å². The van der Waals surface area contributed by atoms with E-state index in [0.29, 0.717) is 29.7 Å². The average Bonchev–Trinajstić information content (AvgIpc) is 3.31. The minimum atomic E-state index is -5.02. The number of likely N-dealkylation sites (tertiary alicyclic amines) is 1. The Kier molecular flexibility index (Phi) is 8.74. The van der Waals surface area contributed by atoms with Gasteiger partial charge in [-0.3, -0.25) is 10.1 Å². The van der Waals surface area contributed by atoms with Gasteiger partial charge in [-0.05, 0) is 72.2 Å². The van der Waals surface area contributed by atoms with Crippen LogP contribution in [0.2, 0.25) is 0 Å². The van der Waals surface area contributed by atoms with Gasteiger partial charge in [-0.15, -0.1) is 0 Å². The molecule has 1 N–H and O–H groups in total. The van der Waals surface area contributed by atoms with Crippen molar-refractivity contribution in [1.29, 1.82) is 0 Å². The van der Waals surface area contributed by atoms with Gasteiger partial charge in [-0.2, -0.15) is 26.3 Å². The number of hydrogen-bond donors (Lipinski definition) is 1. The third-order valence-corrected chi connectivity index (χ3v) is 7.56. The standard InChI is InChI=1S/C28H29F7N4O3/c1-15-8-21(29)4-5-22(15)24-16(2)18(12-36-25-37-23(40)14-42-25)6-7-39(24)26(41)38(3)13-17-9-19(27(30,31)32)11-20(10-17)28(33,34)35/h4-5,8-11,16,18,24H,6-7,12-14H2,1-3H3,(H,36,37,40)/t16-,18?,24?/m1/s1. The number of halogens is 7. The van der Waals surface area contributed by atoms with E-state index in [0.717, 1.165) is 4.90 Å². The number of aliphatic imine (C=N–C) groups is 1. The summed E-state index contributed by atoms with van der Waals surface area (Å²) in [5, 5.41) is 2.49. The molecule has 0 bridgehead atoms. The zero-order valence-electron chi connectivity index (χ0n) is 22.9. The number of nitrogens with one attached hydrogen (secondary N) is 1. The van der Waals surface area contributed by atoms with E-state index >= 15 is 0 Å². The summed E-state index contributed by atoms with van der Waals surface area (Å²) in [4.78, 5) is 32.0. The van der Waals surface area contributed by atoms with Crippen molar-refractivity contribution in [2.24, 2.45) is 16.8 Å². The van der Waals surface area contributed by atoms with Gasteiger partial charge in [-0.25, -0.2) is 14.2 Å². The van der Waals surface area contributed by atoms with Gasteiger partial charge in [-0.1, -0.05) is 13.0 Å². The number of carbonyl (C=O) groups excluding carboxylic acids is 2. The van der Waals surface area contributed by atoms with Crippen LogP contribution >= 0.6 is 0 Å². The molecule has 4 rings (SSSR count). The molecule has 3 amide bonds. The van der Waals surface area contributed by atoms with Crippen molar-refractivity contribution in [3.8, 4) is 0 Å². The third-order valence-electron chi connectivity index (χ3n) is 7.56. The topological polar surface area (TPSA) is 74.2 Å². The van der Waals surface area contributed by atoms with Crippen LogP contribution in [0.15, 0.2) is 41.4 Å². The number of urea groups is 1. The highest BCUT2D eigenvalue weighted by Crippen LogP contribution is 2.42. The summed E-state index contributed by atoms with van der Waals surface area (Å²) in [5.74, 6) is -1.16. The lowest BCUT2D eigenvalue weighted by Gasteiger charge is -2.46. The van der Waals surface area contributed by atoms with Crippen LogP contribution in [0.5, 0.6) is 0 Å². The number of piperidine rings is 1. The van der Waals surface area contributed by atoms with Gasteiger partial charge in [0.1, 0.15) is 5.82 Å². The van der Waals surface area contributed by atoms with Gasteiger partial charge < -0.3 is 14.5 Å². The molecular weight excluding hydrogens is 573 g/mol. The number of nitrogens with zero attached hydrogens (tertiary/aromatic N) is 3. The van der Waals surface area contributed by atoms with Crippen molar-refractivity contribution in [3.05, 3.63) is 70.0 Å². The van der Waals surface area contributed by atoms with Crippen LogP contribution in [-0.4, -0.2) is 54.5 Å². The van der Waals surface area contributed by atoms with Gasteiger partial charge >= 0.3 is 18.4 Å². The maximum Gasteiger partial charge on any atom is 0.416 e. The lowest BCUT2D eigenvalue weighted by Crippen LogP contribution is -2.50. The Hall–Kier alpha value is -3.84. The van der Waals surface area contributed by atoms with Crippen LogP contribution in [0.3, 0.4) is 0 Å². The molecule has 2 fully saturated rings. The molecule has 2 aliphatic rings. The monoisotopic (exact) mass is 602 g/mol. The number of alkyl halides is 6. The first kappa shape index (κ1) is 31.1. The zero-order valence-corrected chi connectivity index (χ0v) is 22.9. The fraction of sp³-hybridized carbons (Fsp3) is 0.464. The normalized spacial score (nSPS) is 22.2. The fourth-order valence-corrected chi connectivity index (χ4v) is 5.42. The van der Waals surface area contributed by atoms with E-state index in [1.165, 1.54) is 24.1 Å². The molecule has 0 saturated carbocycles. The van der Waals surface area contributed by atoms with E-state index in [-0.39, 0.29) is 55.1 Å². The predicted molar refractivity (Wildman–Crippen MR) is 138 cm³/mol. The summed E-state index contributed by atoms with van der Waals surface area (Å²) in [6, 6.07) is 4.25. The highest BCUT2D eigenvalue weighted by Gasteiger charge is 2.41. The molecule has 2 unspecified atom stereocenters. The van der Waals surface area contributed by atoms with Crippen LogP contribution in [0.1, 0.15) is 47.2 Å². The van der Waals surface area contributed by atoms with Crippen LogP contribution in [0.4, 0.5) is 35.5 Å². The van der Waals surface area contributed by atoms with Gasteiger partial charge in [0.2, 0.25) is 0 Å². The molecule has 2 aromatic rings. The van der Waals surface area contributed by atoms with Crippen LogP contribution in [-0.2, 0) is 28.4 Å². The van der Waals surface area contributed by atoms with Crippen molar-refractivity contribution < 1.29 is 45.1 Å². The molecule has 0 radical (unpaired) electrons. The summed E-state index contributed by atoms with van der Waals surface area (Å²) in [5.41, 5.74) is -2.05. The molecule has 2 heterocycles. The Labute approximate surface area is 237 Å². The van der Waals surface area contributed by atoms with Crippen molar-refractivity contribution in [1.82, 2.24) is 15.1 Å². The smallest absolute Gasteiger partial charge is 0.416 e. The molecule has 228 valence electrons. The van der Waals surface area contributed by atoms with Crippen molar-refractivity contribution >= 4 is 18.0 Å². The number of hydrogen-bond acceptors (Lipinski definition) is 4. The van der Waals surface area contributed by atoms with E-state index in [4.69, 9.17) is 4.74 Å². The summed E-state index contributed by atoms with van der Waals surface area (Å²) in [6.45, 7) is 3.37. The van der Waals surface area contributed by atoms with E-state index < -0.39 is 47.9 Å². The third kappa shape index (κ3) is 6.96. The van der Waals surface area contributed by atoms with Crippen molar-refractivity contribution in [2.75, 3.05) is 26.7 Å². The number of ether oxygens (including phenoxy) is 1. The summed E-state index contributed by atoms with van der Waals surface area (Å²) in [7, 11) is 1.30. The molecule has 0 spiro atoms. The minimum absolute atomic E-state index is 0.0382. The van der Waals surface area contributed by atoms with E-state index in [1.807, 2.05) is 6.92 Å². The largest absolute Gasteiger partial charge is 0.455 e. The highest BCUT2D eigenvalue weighted by molar-refractivity contribution is 5.99. The molecule has 0 aromatic heterocycles. The molecule has 3 atom stereocenters. The Bertz CT molecular complexity index is 1340. The lowest BCUT2D eigenvalue weighted by molar-refractivity contribution is -0.143. The number of amides is 3. The molecule has 7 nitrogen and oxygen atoms in total. The SMILES string of the molecule is Cc1cc(F)ccc1C1[C@H](C)C(CN=C2NC(=O)CO2)CCN1C(=O)N(C)Cc1cc(C(F)(F)F)cc(C(F)(F)F)c1. The summed E-state index contributed by atoms with van der Waals surface area (Å²) in [6.07, 6.45) is -9.57. The molecule has 2 aliphatic heterocycles. The molecular formula is C28H29F7N4O3. The minimum Gasteiger partial charge on any atom is -0.455 e. The summed E-state index contributed by atoms with van der Waals surface area (Å²) < 4.78 is 99.3. The van der Waals surface area contributed by atoms with Crippen molar-refractivity contribution in [3.63, 3.8) is 0 Å². The second-order valence-corrected chi connectivity index (χ2v) is 10.6. The van der Waals surface area contributed by atoms with Gasteiger partial charge in [0.15, 0.2) is 6.61 Å². The molecule has 42 heavy (non-hydrogen) atoms. The highest BCUT2D eigenvalue weighted by atomic mass is 19.4. The predicted octanol–water partition coefficient (Wildman–Crippen LogP) is 5.93. The van der Waals surface area contributed by atoms with E-state index in [2.05, 4.69) is 10.3 Å². The Morgan fingerprint density at radius 2 is 1.74 bits per heavy atom. The summed E-state index contributed by atoms with van der Waals surface area (Å²) >= 11 is 0. The second-order valence-electron chi connectivity index (χ2n) is 10.6. The van der Waals surface area contributed by atoms with Crippen LogP contribution < -0.4 is 5.32 Å². The number of aryl methyl sites for hydroxylation is 1. The number of amidine groups is 1. The van der Waals surface area contributed by atoms with Gasteiger partial charge in [0.05, 0.1) is 17.2 Å². The molecule has 0 aliphatic carbocycles. The molecule has 2 saturated heterocycles. The zero-order chi connectivity index (χ0) is 31.0.